The molecule has 0 aliphatic rings. The molecule has 0 saturated carbocycles. The summed E-state index contributed by atoms with van der Waals surface area (Å²) in [6.45, 7) is -2.08. The Bertz CT molecular complexity index is 3260. The minimum Gasteiger partial charge on any atom is -0.505 e. The van der Waals surface area contributed by atoms with Crippen molar-refractivity contribution in [1.29, 1.82) is 0 Å². The Balaban J connectivity index is 1.86. The second-order valence-electron chi connectivity index (χ2n) is 11.4. The van der Waals surface area contributed by atoms with Gasteiger partial charge in [-0.1, -0.05) is 0 Å². The first-order valence-corrected chi connectivity index (χ1v) is 25.4. The fourth-order valence-electron chi connectivity index (χ4n) is 4.75. The molecule has 0 saturated heterocycles. The fraction of sp³-hybridized carbons (Fsp3) is 0.154. The molecule has 4 aromatic carbocycles. The SMILES string of the molecule is Nc1c(N=Nc2ccc(S(=O)(=O)CCOS(=O)(=O)O)cc2S(=O)(=O)O)c(S(=O)(=O)O)cc2cc(S(=O)(=O)O)c(N=Nc3ccc(S(=O)(=O)CCOS(=O)(=O)O)cc3)c(O)c12. The Hall–Kier alpha value is -4.69. The predicted molar refractivity (Wildman–Crippen MR) is 200 cm³/mol. The number of benzene rings is 4. The number of nitrogens with zero attached hydrogens (tertiary/aromatic N) is 4. The van der Waals surface area contributed by atoms with Gasteiger partial charge in [-0.3, -0.25) is 22.8 Å². The molecule has 4 rings (SSSR count). The van der Waals surface area contributed by atoms with Crippen LogP contribution in [0.3, 0.4) is 0 Å². The molecule has 0 amide bonds. The number of nitrogens with two attached hydrogens (primary N) is 1. The molecule has 0 radical (unpaired) electrons. The molecule has 0 bridgehead atoms. The van der Waals surface area contributed by atoms with Crippen molar-refractivity contribution in [3.63, 3.8) is 0 Å². The number of fused-ring (bicyclic) bond motifs is 1. The Morgan fingerprint density at radius 2 is 0.950 bits per heavy atom. The summed E-state index contributed by atoms with van der Waals surface area (Å²) in [6.07, 6.45) is 0. The Morgan fingerprint density at radius 3 is 1.42 bits per heavy atom. The van der Waals surface area contributed by atoms with Crippen molar-refractivity contribution in [2.24, 2.45) is 20.5 Å². The van der Waals surface area contributed by atoms with Gasteiger partial charge in [0.25, 0.3) is 30.4 Å². The molecule has 34 heteroatoms. The van der Waals surface area contributed by atoms with Crippen molar-refractivity contribution in [3.8, 4) is 5.75 Å². The third-order valence-corrected chi connectivity index (χ3v) is 14.2. The first-order valence-electron chi connectivity index (χ1n) is 15.0. The lowest BCUT2D eigenvalue weighted by Gasteiger charge is -2.14. The van der Waals surface area contributed by atoms with Crippen LogP contribution in [0.25, 0.3) is 10.8 Å². The quantitative estimate of drug-likeness (QED) is 0.0451. The number of rotatable bonds is 17. The molecule has 0 aromatic heterocycles. The molecule has 60 heavy (non-hydrogen) atoms. The molecule has 0 unspecified atom stereocenters. The van der Waals surface area contributed by atoms with Gasteiger partial charge in [0.1, 0.15) is 31.7 Å². The Morgan fingerprint density at radius 1 is 0.517 bits per heavy atom. The zero-order chi connectivity index (χ0) is 45.4. The summed E-state index contributed by atoms with van der Waals surface area (Å²) >= 11 is 0. The maximum absolute atomic E-state index is 12.7. The van der Waals surface area contributed by atoms with Gasteiger partial charge in [-0.2, -0.15) is 47.2 Å². The van der Waals surface area contributed by atoms with Crippen molar-refractivity contribution >= 4 is 110 Å². The van der Waals surface area contributed by atoms with E-state index < -0.39 is 159 Å². The lowest BCUT2D eigenvalue weighted by Crippen LogP contribution is -2.16. The molecule has 0 aliphatic carbocycles. The van der Waals surface area contributed by atoms with E-state index in [-0.39, 0.29) is 5.69 Å². The fourth-order valence-corrected chi connectivity index (χ4v) is 9.80. The normalized spacial score (nSPS) is 13.8. The topological polar surface area (TPSA) is 454 Å². The van der Waals surface area contributed by atoms with Crippen LogP contribution in [0.4, 0.5) is 28.4 Å². The second-order valence-corrected chi connectivity index (χ2v) is 22.0. The minimum absolute atomic E-state index is 0.243. The zero-order valence-electron chi connectivity index (χ0n) is 29.0. The van der Waals surface area contributed by atoms with E-state index in [0.29, 0.717) is 30.3 Å². The third-order valence-electron chi connectivity index (χ3n) is 7.33. The van der Waals surface area contributed by atoms with E-state index in [1.54, 1.807) is 0 Å². The summed E-state index contributed by atoms with van der Waals surface area (Å²) < 4.78 is 222. The van der Waals surface area contributed by atoms with Crippen LogP contribution >= 0.6 is 0 Å². The van der Waals surface area contributed by atoms with Crippen LogP contribution in [-0.4, -0.2) is 112 Å². The van der Waals surface area contributed by atoms with Crippen LogP contribution in [0.2, 0.25) is 0 Å². The summed E-state index contributed by atoms with van der Waals surface area (Å²) in [5.41, 5.74) is 1.81. The first kappa shape index (κ1) is 48.0. The van der Waals surface area contributed by atoms with E-state index >= 15 is 0 Å². The van der Waals surface area contributed by atoms with Crippen LogP contribution in [0.15, 0.2) is 99.5 Å². The molecule has 0 fully saturated rings. The lowest BCUT2D eigenvalue weighted by atomic mass is 10.1. The molecular formula is C26H25N5O22S7. The van der Waals surface area contributed by atoms with Crippen molar-refractivity contribution in [3.05, 3.63) is 54.6 Å². The van der Waals surface area contributed by atoms with E-state index in [1.165, 1.54) is 0 Å². The average Bonchev–Trinajstić information content (AvgIpc) is 3.08. The highest BCUT2D eigenvalue weighted by atomic mass is 32.3. The van der Waals surface area contributed by atoms with E-state index in [1.807, 2.05) is 0 Å². The lowest BCUT2D eigenvalue weighted by molar-refractivity contribution is 0.282. The number of sulfone groups is 2. The third kappa shape index (κ3) is 12.0. The molecule has 27 nitrogen and oxygen atoms in total. The molecule has 0 heterocycles. The van der Waals surface area contributed by atoms with Crippen LogP contribution in [0.5, 0.6) is 5.75 Å². The number of hydrogen-bond donors (Lipinski definition) is 7. The van der Waals surface area contributed by atoms with Gasteiger partial charge < -0.3 is 10.8 Å². The number of aromatic hydroxyl groups is 1. The van der Waals surface area contributed by atoms with E-state index in [2.05, 4.69) is 28.8 Å². The second kappa shape index (κ2) is 17.0. The van der Waals surface area contributed by atoms with Crippen molar-refractivity contribution < 1.29 is 95.2 Å². The number of phenols is 1. The summed E-state index contributed by atoms with van der Waals surface area (Å²) in [5, 5.41) is 24.2. The van der Waals surface area contributed by atoms with Gasteiger partial charge in [0.2, 0.25) is 0 Å². The number of hydrogen-bond acceptors (Lipinski definition) is 22. The molecule has 0 atom stereocenters. The molecule has 0 aliphatic heterocycles. The summed E-state index contributed by atoms with van der Waals surface area (Å²) in [4.78, 5) is -5.09. The summed E-state index contributed by atoms with van der Waals surface area (Å²) in [7, 11) is -35.1. The molecule has 0 spiro atoms. The van der Waals surface area contributed by atoms with Gasteiger partial charge in [-0.15, -0.1) is 15.3 Å². The van der Waals surface area contributed by atoms with E-state index in [4.69, 9.17) is 14.8 Å². The van der Waals surface area contributed by atoms with Gasteiger partial charge >= 0.3 is 20.8 Å². The molecular weight excluding hydrogens is 959 g/mol. The number of azo groups is 2. The Labute approximate surface area is 339 Å². The largest absolute Gasteiger partial charge is 0.505 e. The molecule has 4 aromatic rings. The van der Waals surface area contributed by atoms with E-state index in [0.717, 1.165) is 24.3 Å². The van der Waals surface area contributed by atoms with Gasteiger partial charge in [0.05, 0.1) is 51.3 Å². The smallest absolute Gasteiger partial charge is 0.397 e. The van der Waals surface area contributed by atoms with Crippen LogP contribution in [0.1, 0.15) is 0 Å². The molecule has 8 N–H and O–H groups in total. The summed E-state index contributed by atoms with van der Waals surface area (Å²) in [6, 6.07) is 6.48. The van der Waals surface area contributed by atoms with Gasteiger partial charge in [-0.25, -0.2) is 25.2 Å². The highest BCUT2D eigenvalue weighted by Gasteiger charge is 2.29. The minimum atomic E-state index is -5.46. The van der Waals surface area contributed by atoms with Crippen molar-refractivity contribution in [2.75, 3.05) is 30.5 Å². The van der Waals surface area contributed by atoms with Crippen molar-refractivity contribution in [1.82, 2.24) is 0 Å². The standard InChI is InChI=1S/C26H25N5O22S7/c27-23-22-14(12-21(58(43,44)45)25(26(22)32)31-28-15-1-3-16(4-2-15)54(33,34)9-7-52-59(46,47)48)11-20(57(40,41)42)24(23)30-29-18-6-5-17(13-19(18)56(37,38)39)55(35,36)10-8-53-60(49,50)51/h1-6,11-13,32H,7-10,27H2,(H,37,38,39)(H,40,41,42)(H,43,44,45)(H,46,47,48)(H,49,50,51). The Kier molecular flexibility index (Phi) is 13.6. The number of phenolic OH excluding ortho intramolecular Hbond substituents is 1. The highest BCUT2D eigenvalue weighted by molar-refractivity contribution is 7.92. The van der Waals surface area contributed by atoms with Crippen LogP contribution in [0, 0.1) is 0 Å². The van der Waals surface area contributed by atoms with Crippen molar-refractivity contribution in [2.45, 2.75) is 24.5 Å². The molecule has 328 valence electrons. The number of nitrogen functional groups attached to an aromatic ring is 1. The van der Waals surface area contributed by atoms with Crippen LogP contribution < -0.4 is 5.73 Å². The summed E-state index contributed by atoms with van der Waals surface area (Å²) in [5.74, 6) is -3.31. The van der Waals surface area contributed by atoms with Gasteiger partial charge in [0, 0.05) is 0 Å². The zero-order valence-corrected chi connectivity index (χ0v) is 34.7. The first-order chi connectivity index (χ1) is 27.2. The highest BCUT2D eigenvalue weighted by Crippen LogP contribution is 2.48. The van der Waals surface area contributed by atoms with Gasteiger partial charge in [-0.05, 0) is 60.0 Å². The average molecular weight is 984 g/mol. The maximum atomic E-state index is 12.7. The van der Waals surface area contributed by atoms with E-state index in [9.17, 15) is 77.7 Å². The number of anilines is 1. The maximum Gasteiger partial charge on any atom is 0.397 e. The predicted octanol–water partition coefficient (Wildman–Crippen LogP) is 1.88. The van der Waals surface area contributed by atoms with Crippen LogP contribution in [-0.2, 0) is 79.2 Å². The monoisotopic (exact) mass is 983 g/mol. The van der Waals surface area contributed by atoms with Gasteiger partial charge in [0.15, 0.2) is 25.4 Å².